The highest BCUT2D eigenvalue weighted by Gasteiger charge is 2.37. The molecule has 0 aliphatic heterocycles. The summed E-state index contributed by atoms with van der Waals surface area (Å²) in [5.74, 6) is -3.95. The van der Waals surface area contributed by atoms with E-state index in [2.05, 4.69) is 4.74 Å². The minimum Gasteiger partial charge on any atom is -0.469 e. The van der Waals surface area contributed by atoms with Crippen LogP contribution in [-0.2, 0) is 14.3 Å². The van der Waals surface area contributed by atoms with E-state index in [1.54, 1.807) is 19.9 Å². The number of carbonyl (C=O) groups excluding carboxylic acids is 2. The van der Waals surface area contributed by atoms with Gasteiger partial charge in [0.1, 0.15) is 0 Å². The maximum atomic E-state index is 13.8. The first-order valence-corrected chi connectivity index (χ1v) is 9.93. The Morgan fingerprint density at radius 3 is 2.50 bits per heavy atom. The van der Waals surface area contributed by atoms with Crippen LogP contribution in [0.3, 0.4) is 0 Å². The van der Waals surface area contributed by atoms with Crippen molar-refractivity contribution < 1.29 is 23.1 Å². The predicted molar refractivity (Wildman–Crippen MR) is 99.1 cm³/mol. The van der Waals surface area contributed by atoms with Crippen LogP contribution in [0.4, 0.5) is 8.78 Å². The summed E-state index contributed by atoms with van der Waals surface area (Å²) in [6, 6.07) is 0. The van der Waals surface area contributed by atoms with Crippen molar-refractivity contribution in [2.45, 2.75) is 84.0 Å². The minimum atomic E-state index is -3.25. The molecule has 0 aromatic heterocycles. The number of hydrogen-bond acceptors (Lipinski definition) is 3. The van der Waals surface area contributed by atoms with Gasteiger partial charge in [-0.25, -0.2) is 0 Å². The van der Waals surface area contributed by atoms with Gasteiger partial charge in [0.2, 0.25) is 5.78 Å². The number of rotatable bonds is 12. The van der Waals surface area contributed by atoms with Crippen LogP contribution in [0, 0.1) is 17.8 Å². The van der Waals surface area contributed by atoms with E-state index in [0.717, 1.165) is 57.4 Å². The highest BCUT2D eigenvalue weighted by atomic mass is 19.3. The molecule has 1 unspecified atom stereocenters. The SMILES string of the molecule is COC(=O)CCCCCCC1CCC[C@@H]1/C=C/C(=O)C(F)(F)CC(C)C. The molecule has 0 aromatic carbocycles. The van der Waals surface area contributed by atoms with Crippen LogP contribution in [0.5, 0.6) is 0 Å². The summed E-state index contributed by atoms with van der Waals surface area (Å²) in [6.45, 7) is 3.40. The van der Waals surface area contributed by atoms with Crippen LogP contribution in [0.25, 0.3) is 0 Å². The Hall–Kier alpha value is -1.26. The van der Waals surface area contributed by atoms with E-state index in [0.29, 0.717) is 12.3 Å². The van der Waals surface area contributed by atoms with Gasteiger partial charge in [-0.15, -0.1) is 0 Å². The van der Waals surface area contributed by atoms with Crippen LogP contribution in [0.2, 0.25) is 0 Å². The Bertz CT molecular complexity index is 472. The van der Waals surface area contributed by atoms with Crippen molar-refractivity contribution >= 4 is 11.8 Å². The van der Waals surface area contributed by atoms with Crippen LogP contribution in [-0.4, -0.2) is 24.8 Å². The fraction of sp³-hybridized carbons (Fsp3) is 0.810. The maximum Gasteiger partial charge on any atom is 0.309 e. The van der Waals surface area contributed by atoms with Crippen molar-refractivity contribution in [3.8, 4) is 0 Å². The number of ether oxygens (including phenoxy) is 1. The summed E-state index contributed by atoms with van der Waals surface area (Å²) in [4.78, 5) is 22.8. The lowest BCUT2D eigenvalue weighted by Gasteiger charge is -2.17. The monoisotopic (exact) mass is 372 g/mol. The molecule has 0 spiro atoms. The van der Waals surface area contributed by atoms with Crippen molar-refractivity contribution in [1.82, 2.24) is 0 Å². The topological polar surface area (TPSA) is 43.4 Å². The molecule has 5 heteroatoms. The molecule has 0 heterocycles. The second-order valence-electron chi connectivity index (χ2n) is 7.91. The van der Waals surface area contributed by atoms with E-state index in [9.17, 15) is 18.4 Å². The van der Waals surface area contributed by atoms with Gasteiger partial charge in [-0.05, 0) is 49.5 Å². The van der Waals surface area contributed by atoms with Crippen molar-refractivity contribution in [2.24, 2.45) is 17.8 Å². The summed E-state index contributed by atoms with van der Waals surface area (Å²) >= 11 is 0. The molecule has 1 aliphatic rings. The summed E-state index contributed by atoms with van der Waals surface area (Å²) in [6.07, 6.45) is 11.2. The fourth-order valence-electron chi connectivity index (χ4n) is 3.76. The molecule has 0 amide bonds. The molecule has 0 saturated heterocycles. The third kappa shape index (κ3) is 8.41. The third-order valence-corrected chi connectivity index (χ3v) is 5.17. The molecule has 0 radical (unpaired) electrons. The van der Waals surface area contributed by atoms with Crippen LogP contribution < -0.4 is 0 Å². The Labute approximate surface area is 156 Å². The highest BCUT2D eigenvalue weighted by molar-refractivity contribution is 5.95. The fourth-order valence-corrected chi connectivity index (χ4v) is 3.76. The Balaban J connectivity index is 2.34. The number of carbonyl (C=O) groups is 2. The number of alkyl halides is 2. The van der Waals surface area contributed by atoms with E-state index in [1.807, 2.05) is 0 Å². The van der Waals surface area contributed by atoms with Gasteiger partial charge in [0.15, 0.2) is 0 Å². The zero-order valence-corrected chi connectivity index (χ0v) is 16.4. The quantitative estimate of drug-likeness (QED) is 0.250. The van der Waals surface area contributed by atoms with Gasteiger partial charge in [-0.2, -0.15) is 8.78 Å². The third-order valence-electron chi connectivity index (χ3n) is 5.17. The van der Waals surface area contributed by atoms with Crippen molar-refractivity contribution in [1.29, 1.82) is 0 Å². The van der Waals surface area contributed by atoms with Gasteiger partial charge in [0.25, 0.3) is 0 Å². The van der Waals surface area contributed by atoms with Gasteiger partial charge < -0.3 is 4.74 Å². The van der Waals surface area contributed by atoms with E-state index < -0.39 is 18.1 Å². The molecule has 2 atom stereocenters. The lowest BCUT2D eigenvalue weighted by molar-refractivity contribution is -0.140. The highest BCUT2D eigenvalue weighted by Crippen LogP contribution is 2.36. The molecule has 1 aliphatic carbocycles. The number of allylic oxidation sites excluding steroid dienone is 2. The normalized spacial score (nSPS) is 20.8. The van der Waals surface area contributed by atoms with Crippen molar-refractivity contribution in [3.63, 3.8) is 0 Å². The average Bonchev–Trinajstić information content (AvgIpc) is 3.01. The lowest BCUT2D eigenvalue weighted by Crippen LogP contribution is -2.28. The molecule has 0 aromatic rings. The molecule has 1 fully saturated rings. The molecular formula is C21H34F2O3. The van der Waals surface area contributed by atoms with Gasteiger partial charge in [-0.3, -0.25) is 9.59 Å². The van der Waals surface area contributed by atoms with Crippen LogP contribution >= 0.6 is 0 Å². The summed E-state index contributed by atoms with van der Waals surface area (Å²) in [7, 11) is 1.40. The molecule has 3 nitrogen and oxygen atoms in total. The number of unbranched alkanes of at least 4 members (excludes halogenated alkanes) is 3. The number of methoxy groups -OCH3 is 1. The molecule has 1 saturated carbocycles. The van der Waals surface area contributed by atoms with Crippen molar-refractivity contribution in [2.75, 3.05) is 7.11 Å². The lowest BCUT2D eigenvalue weighted by atomic mass is 9.89. The molecule has 150 valence electrons. The van der Waals surface area contributed by atoms with Crippen molar-refractivity contribution in [3.05, 3.63) is 12.2 Å². The molecule has 26 heavy (non-hydrogen) atoms. The number of halogens is 2. The Morgan fingerprint density at radius 1 is 1.15 bits per heavy atom. The molecule has 1 rings (SSSR count). The van der Waals surface area contributed by atoms with E-state index in [-0.39, 0.29) is 17.8 Å². The summed E-state index contributed by atoms with van der Waals surface area (Å²) in [5.41, 5.74) is 0. The Morgan fingerprint density at radius 2 is 1.85 bits per heavy atom. The standard InChI is InChI=1S/C21H34F2O3/c1-16(2)15-21(22,23)19(24)14-13-18-11-8-10-17(18)9-6-4-5-7-12-20(25)26-3/h13-14,16-18H,4-12,15H2,1-3H3/b14-13+/t17?,18-/m1/s1. The van der Waals surface area contributed by atoms with Gasteiger partial charge in [-0.1, -0.05) is 45.6 Å². The predicted octanol–water partition coefficient (Wildman–Crippen LogP) is 5.72. The van der Waals surface area contributed by atoms with Gasteiger partial charge in [0.05, 0.1) is 7.11 Å². The largest absolute Gasteiger partial charge is 0.469 e. The first kappa shape index (κ1) is 22.8. The second kappa shape index (κ2) is 11.5. The number of hydrogen-bond donors (Lipinski definition) is 0. The van der Waals surface area contributed by atoms with Gasteiger partial charge >= 0.3 is 11.9 Å². The van der Waals surface area contributed by atoms with Gasteiger partial charge in [0, 0.05) is 12.8 Å². The first-order chi connectivity index (χ1) is 12.3. The van der Waals surface area contributed by atoms with E-state index >= 15 is 0 Å². The first-order valence-electron chi connectivity index (χ1n) is 9.93. The summed E-state index contributed by atoms with van der Waals surface area (Å²) in [5, 5.41) is 0. The maximum absolute atomic E-state index is 13.8. The van der Waals surface area contributed by atoms with E-state index in [1.165, 1.54) is 7.11 Å². The zero-order chi connectivity index (χ0) is 19.6. The summed E-state index contributed by atoms with van der Waals surface area (Å²) < 4.78 is 32.2. The molecular weight excluding hydrogens is 338 g/mol. The second-order valence-corrected chi connectivity index (χ2v) is 7.91. The molecule has 0 bridgehead atoms. The Kier molecular flexibility index (Phi) is 10.0. The zero-order valence-electron chi connectivity index (χ0n) is 16.4. The average molecular weight is 372 g/mol. The van der Waals surface area contributed by atoms with E-state index in [4.69, 9.17) is 0 Å². The smallest absolute Gasteiger partial charge is 0.309 e. The van der Waals surface area contributed by atoms with Crippen LogP contribution in [0.15, 0.2) is 12.2 Å². The number of esters is 1. The minimum absolute atomic E-state index is 0.162. The number of ketones is 1. The molecule has 0 N–H and O–H groups in total. The van der Waals surface area contributed by atoms with Crippen LogP contribution in [0.1, 0.15) is 78.1 Å².